The number of rotatable bonds is 4. The summed E-state index contributed by atoms with van der Waals surface area (Å²) in [4.78, 5) is 8.39. The summed E-state index contributed by atoms with van der Waals surface area (Å²) in [7, 11) is 0. The number of nitrogens with zero attached hydrogens (tertiary/aromatic N) is 2. The van der Waals surface area contributed by atoms with Crippen LogP contribution in [-0.4, -0.2) is 16.5 Å². The Bertz CT molecular complexity index is 227. The van der Waals surface area contributed by atoms with Gasteiger partial charge in [-0.3, -0.25) is 9.97 Å². The number of nitrogens with two attached hydrogens (primary N) is 1. The average molecular weight is 220 g/mol. The summed E-state index contributed by atoms with van der Waals surface area (Å²) in [6.45, 7) is 0.704. The molecule has 0 spiro atoms. The van der Waals surface area contributed by atoms with E-state index in [-0.39, 0.29) is 12.4 Å². The van der Waals surface area contributed by atoms with Crippen molar-refractivity contribution in [1.82, 2.24) is 9.97 Å². The van der Waals surface area contributed by atoms with E-state index in [2.05, 4.69) is 22.6 Å². The monoisotopic (exact) mass is 219 g/mol. The van der Waals surface area contributed by atoms with Crippen LogP contribution in [-0.2, 0) is 12.2 Å². The van der Waals surface area contributed by atoms with E-state index in [9.17, 15) is 0 Å². The van der Waals surface area contributed by atoms with E-state index in [1.54, 1.807) is 12.4 Å². The number of aromatic nitrogens is 2. The maximum atomic E-state index is 5.37. The predicted octanol–water partition coefficient (Wildman–Crippen LogP) is 1.22. The Labute approximate surface area is 90.0 Å². The van der Waals surface area contributed by atoms with Crippen molar-refractivity contribution in [3.63, 3.8) is 0 Å². The van der Waals surface area contributed by atoms with Crippen LogP contribution in [0.2, 0.25) is 0 Å². The second-order valence-corrected chi connectivity index (χ2v) is 2.87. The van der Waals surface area contributed by atoms with E-state index in [1.165, 1.54) is 0 Å². The van der Waals surface area contributed by atoms with Gasteiger partial charge in [-0.05, 0) is 19.4 Å². The van der Waals surface area contributed by atoms with Gasteiger partial charge >= 0.3 is 0 Å². The Morgan fingerprint density at radius 1 is 1.23 bits per heavy atom. The largest absolute Gasteiger partial charge is 0.330 e. The van der Waals surface area contributed by atoms with Gasteiger partial charge in [0.05, 0.1) is 11.4 Å². The lowest BCUT2D eigenvalue weighted by Crippen LogP contribution is -2.02. The maximum absolute atomic E-state index is 5.37. The standard InChI is InChI=1S/C8H13N3S.ClH/c9-3-1-2-7-4-11-8(6-12)5-10-7;/h4-5,12H,1-3,6,9H2;1H. The highest BCUT2D eigenvalue weighted by atomic mass is 35.5. The first-order chi connectivity index (χ1) is 5.86. The lowest BCUT2D eigenvalue weighted by molar-refractivity contribution is 0.801. The summed E-state index contributed by atoms with van der Waals surface area (Å²) >= 11 is 4.09. The molecule has 0 saturated heterocycles. The van der Waals surface area contributed by atoms with Crippen molar-refractivity contribution in [2.75, 3.05) is 6.54 Å². The van der Waals surface area contributed by atoms with E-state index < -0.39 is 0 Å². The smallest absolute Gasteiger partial charge is 0.0683 e. The van der Waals surface area contributed by atoms with Crippen molar-refractivity contribution in [1.29, 1.82) is 0 Å². The first kappa shape index (κ1) is 12.7. The van der Waals surface area contributed by atoms with E-state index in [0.29, 0.717) is 12.3 Å². The molecule has 0 bridgehead atoms. The molecule has 0 aliphatic carbocycles. The van der Waals surface area contributed by atoms with Crippen LogP contribution in [0.5, 0.6) is 0 Å². The first-order valence-electron chi connectivity index (χ1n) is 3.97. The molecule has 0 aliphatic heterocycles. The van der Waals surface area contributed by atoms with Gasteiger partial charge in [0.25, 0.3) is 0 Å². The molecule has 1 rings (SSSR count). The Balaban J connectivity index is 0.00000144. The normalized spacial score (nSPS) is 9.38. The quantitative estimate of drug-likeness (QED) is 0.749. The summed E-state index contributed by atoms with van der Waals surface area (Å²) in [6.07, 6.45) is 5.44. The van der Waals surface area contributed by atoms with Crippen molar-refractivity contribution >= 4 is 25.0 Å². The van der Waals surface area contributed by atoms with Crippen LogP contribution in [0.25, 0.3) is 0 Å². The molecule has 74 valence electrons. The molecule has 0 saturated carbocycles. The van der Waals surface area contributed by atoms with Gasteiger partial charge in [-0.1, -0.05) is 0 Å². The minimum Gasteiger partial charge on any atom is -0.330 e. The minimum atomic E-state index is 0. The van der Waals surface area contributed by atoms with Crippen molar-refractivity contribution in [2.45, 2.75) is 18.6 Å². The molecule has 0 radical (unpaired) electrons. The predicted molar refractivity (Wildman–Crippen MR) is 59.3 cm³/mol. The molecule has 1 heterocycles. The van der Waals surface area contributed by atoms with E-state index in [1.807, 2.05) is 0 Å². The fourth-order valence-electron chi connectivity index (χ4n) is 0.875. The zero-order valence-electron chi connectivity index (χ0n) is 7.31. The van der Waals surface area contributed by atoms with Gasteiger partial charge in [0.1, 0.15) is 0 Å². The Morgan fingerprint density at radius 3 is 2.31 bits per heavy atom. The van der Waals surface area contributed by atoms with Crippen molar-refractivity contribution in [2.24, 2.45) is 5.73 Å². The molecule has 2 N–H and O–H groups in total. The fourth-order valence-corrected chi connectivity index (χ4v) is 1.04. The Hall–Kier alpha value is -0.320. The van der Waals surface area contributed by atoms with Crippen molar-refractivity contribution in [3.8, 4) is 0 Å². The van der Waals surface area contributed by atoms with Crippen LogP contribution < -0.4 is 5.73 Å². The lowest BCUT2D eigenvalue weighted by atomic mass is 10.2. The molecule has 1 aromatic heterocycles. The molecule has 5 heteroatoms. The second kappa shape index (κ2) is 7.12. The van der Waals surface area contributed by atoms with E-state index in [4.69, 9.17) is 5.73 Å². The Kier molecular flexibility index (Phi) is 6.94. The third kappa shape index (κ3) is 4.45. The van der Waals surface area contributed by atoms with Crippen LogP contribution >= 0.6 is 25.0 Å². The minimum absolute atomic E-state index is 0. The highest BCUT2D eigenvalue weighted by Gasteiger charge is 1.95. The van der Waals surface area contributed by atoms with Gasteiger partial charge in [-0.15, -0.1) is 12.4 Å². The summed E-state index contributed by atoms with van der Waals surface area (Å²) in [5.74, 6) is 0.643. The number of hydrogen-bond acceptors (Lipinski definition) is 4. The molecule has 13 heavy (non-hydrogen) atoms. The van der Waals surface area contributed by atoms with Crippen molar-refractivity contribution in [3.05, 3.63) is 23.8 Å². The number of aryl methyl sites for hydroxylation is 1. The third-order valence-electron chi connectivity index (χ3n) is 1.56. The van der Waals surface area contributed by atoms with Gasteiger partial charge in [0.15, 0.2) is 0 Å². The molecule has 0 amide bonds. The topological polar surface area (TPSA) is 51.8 Å². The summed E-state index contributed by atoms with van der Waals surface area (Å²) in [5, 5.41) is 0. The molecule has 0 aliphatic rings. The zero-order valence-corrected chi connectivity index (χ0v) is 9.02. The van der Waals surface area contributed by atoms with Crippen LogP contribution in [0.4, 0.5) is 0 Å². The van der Waals surface area contributed by atoms with E-state index in [0.717, 1.165) is 24.2 Å². The average Bonchev–Trinajstić information content (AvgIpc) is 2.15. The molecular formula is C8H14ClN3S. The van der Waals surface area contributed by atoms with E-state index >= 15 is 0 Å². The van der Waals surface area contributed by atoms with Gasteiger partial charge in [0, 0.05) is 18.1 Å². The van der Waals surface area contributed by atoms with Crippen LogP contribution in [0.3, 0.4) is 0 Å². The van der Waals surface area contributed by atoms with Crippen LogP contribution in [0.15, 0.2) is 12.4 Å². The molecule has 1 aromatic rings. The van der Waals surface area contributed by atoms with Gasteiger partial charge in [-0.25, -0.2) is 0 Å². The number of thiol groups is 1. The van der Waals surface area contributed by atoms with Gasteiger partial charge < -0.3 is 5.73 Å². The van der Waals surface area contributed by atoms with Gasteiger partial charge in [-0.2, -0.15) is 12.6 Å². The SMILES string of the molecule is Cl.NCCCc1cnc(CS)cn1. The second-order valence-electron chi connectivity index (χ2n) is 2.55. The molecular weight excluding hydrogens is 206 g/mol. The first-order valence-corrected chi connectivity index (χ1v) is 4.61. The molecule has 0 aromatic carbocycles. The molecule has 0 atom stereocenters. The molecule has 3 nitrogen and oxygen atoms in total. The molecule has 0 unspecified atom stereocenters. The highest BCUT2D eigenvalue weighted by Crippen LogP contribution is 2.00. The highest BCUT2D eigenvalue weighted by molar-refractivity contribution is 7.79. The zero-order chi connectivity index (χ0) is 8.81. The fraction of sp³-hybridized carbons (Fsp3) is 0.500. The number of halogens is 1. The maximum Gasteiger partial charge on any atom is 0.0683 e. The summed E-state index contributed by atoms with van der Waals surface area (Å²) in [6, 6.07) is 0. The van der Waals surface area contributed by atoms with Gasteiger partial charge in [0.2, 0.25) is 0 Å². The third-order valence-corrected chi connectivity index (χ3v) is 1.88. The van der Waals surface area contributed by atoms with Crippen LogP contribution in [0.1, 0.15) is 17.8 Å². The molecule has 0 fully saturated rings. The lowest BCUT2D eigenvalue weighted by Gasteiger charge is -1.98. The summed E-state index contributed by atoms with van der Waals surface area (Å²) < 4.78 is 0. The van der Waals surface area contributed by atoms with Crippen molar-refractivity contribution < 1.29 is 0 Å². The Morgan fingerprint density at radius 2 is 1.85 bits per heavy atom. The summed E-state index contributed by atoms with van der Waals surface area (Å²) in [5.41, 5.74) is 7.29. The number of hydrogen-bond donors (Lipinski definition) is 2. The van der Waals surface area contributed by atoms with Crippen LogP contribution in [0, 0.1) is 0 Å².